The van der Waals surface area contributed by atoms with Crippen LogP contribution in [0.3, 0.4) is 0 Å². The smallest absolute Gasteiger partial charge is 0.258 e. The molecule has 0 aliphatic carbocycles. The fourth-order valence-corrected chi connectivity index (χ4v) is 3.38. The predicted octanol–water partition coefficient (Wildman–Crippen LogP) is 6.39. The molecule has 0 atom stereocenters. The molecule has 0 N–H and O–H groups in total. The molecule has 4 heteroatoms. The second kappa shape index (κ2) is 14.2. The van der Waals surface area contributed by atoms with Gasteiger partial charge in [0.2, 0.25) is 0 Å². The Balaban J connectivity index is 2.28. The molecule has 0 aromatic heterocycles. The Kier molecular flexibility index (Phi) is 11.2. The Morgan fingerprint density at radius 2 is 1.71 bits per heavy atom. The van der Waals surface area contributed by atoms with Crippen LogP contribution in [0.2, 0.25) is 0 Å². The summed E-state index contributed by atoms with van der Waals surface area (Å²) in [7, 11) is 3.36. The summed E-state index contributed by atoms with van der Waals surface area (Å²) in [5.74, 6) is 0.832. The van der Waals surface area contributed by atoms with Gasteiger partial charge in [0, 0.05) is 25.0 Å². The number of methoxy groups -OCH3 is 2. The van der Waals surface area contributed by atoms with Gasteiger partial charge in [-0.3, -0.25) is 4.79 Å². The van der Waals surface area contributed by atoms with Crippen molar-refractivity contribution in [2.75, 3.05) is 20.8 Å². The highest BCUT2D eigenvalue weighted by atomic mass is 16.5. The van der Waals surface area contributed by atoms with Crippen LogP contribution in [0.5, 0.6) is 5.75 Å². The number of allylic oxidation sites excluding steroid dienone is 3. The third-order valence-corrected chi connectivity index (χ3v) is 5.10. The topological polar surface area (TPSA) is 38.8 Å². The number of nitrogens with zero attached hydrogens (tertiary/aromatic N) is 1. The number of benzene rings is 2. The van der Waals surface area contributed by atoms with Crippen molar-refractivity contribution < 1.29 is 14.3 Å². The molecule has 2 aromatic rings. The second-order valence-electron chi connectivity index (χ2n) is 7.40. The van der Waals surface area contributed by atoms with E-state index >= 15 is 0 Å². The Morgan fingerprint density at radius 3 is 2.35 bits per heavy atom. The van der Waals surface area contributed by atoms with E-state index in [1.165, 1.54) is 0 Å². The Labute approximate surface area is 187 Å². The van der Waals surface area contributed by atoms with E-state index in [1.54, 1.807) is 14.2 Å². The lowest BCUT2D eigenvalue weighted by molar-refractivity contribution is 0.0789. The lowest BCUT2D eigenvalue weighted by Crippen LogP contribution is -2.30. The molecule has 0 unspecified atom stereocenters. The maximum Gasteiger partial charge on any atom is 0.258 e. The van der Waals surface area contributed by atoms with Crippen molar-refractivity contribution in [3.8, 4) is 5.75 Å². The highest BCUT2D eigenvalue weighted by Gasteiger charge is 2.20. The molecular formula is C27H35NO3. The van der Waals surface area contributed by atoms with Crippen LogP contribution in [0.4, 0.5) is 0 Å². The maximum atomic E-state index is 13.5. The van der Waals surface area contributed by atoms with Crippen molar-refractivity contribution in [3.05, 3.63) is 89.6 Å². The van der Waals surface area contributed by atoms with Crippen molar-refractivity contribution in [1.29, 1.82) is 0 Å². The van der Waals surface area contributed by atoms with Gasteiger partial charge in [-0.05, 0) is 68.9 Å². The second-order valence-corrected chi connectivity index (χ2v) is 7.40. The van der Waals surface area contributed by atoms with Crippen molar-refractivity contribution >= 4 is 5.91 Å². The molecule has 31 heavy (non-hydrogen) atoms. The molecule has 0 heterocycles. The van der Waals surface area contributed by atoms with Crippen LogP contribution >= 0.6 is 0 Å². The summed E-state index contributed by atoms with van der Waals surface area (Å²) in [4.78, 5) is 15.4. The predicted molar refractivity (Wildman–Crippen MR) is 127 cm³/mol. The minimum absolute atomic E-state index is 0.0218. The molecule has 0 saturated carbocycles. The van der Waals surface area contributed by atoms with Gasteiger partial charge in [0.15, 0.2) is 0 Å². The summed E-state index contributed by atoms with van der Waals surface area (Å²) < 4.78 is 10.5. The van der Waals surface area contributed by atoms with Gasteiger partial charge in [0.05, 0.1) is 13.7 Å². The van der Waals surface area contributed by atoms with Gasteiger partial charge in [0.25, 0.3) is 5.91 Å². The van der Waals surface area contributed by atoms with Crippen LogP contribution < -0.4 is 4.74 Å². The molecular weight excluding hydrogens is 386 g/mol. The lowest BCUT2D eigenvalue weighted by atomic mass is 10.1. The van der Waals surface area contributed by atoms with Crippen molar-refractivity contribution in [1.82, 2.24) is 4.90 Å². The molecule has 0 aliphatic rings. The summed E-state index contributed by atoms with van der Waals surface area (Å²) in [6, 6.07) is 17.4. The molecule has 0 radical (unpaired) electrons. The highest BCUT2D eigenvalue weighted by Crippen LogP contribution is 2.22. The molecule has 0 spiro atoms. The van der Waals surface area contributed by atoms with Gasteiger partial charge in [-0.2, -0.15) is 0 Å². The van der Waals surface area contributed by atoms with Crippen LogP contribution in [-0.4, -0.2) is 31.6 Å². The average molecular weight is 422 g/mol. The first-order chi connectivity index (χ1) is 15.2. The van der Waals surface area contributed by atoms with Crippen molar-refractivity contribution in [2.24, 2.45) is 0 Å². The van der Waals surface area contributed by atoms with E-state index in [0.29, 0.717) is 18.7 Å². The molecule has 0 saturated heterocycles. The Bertz CT molecular complexity index is 825. The molecule has 0 fully saturated rings. The van der Waals surface area contributed by atoms with Crippen molar-refractivity contribution in [2.45, 2.75) is 45.6 Å². The largest absolute Gasteiger partial charge is 0.497 e. The van der Waals surface area contributed by atoms with Gasteiger partial charge in [0.1, 0.15) is 5.75 Å². The zero-order chi connectivity index (χ0) is 22.3. The van der Waals surface area contributed by atoms with E-state index in [9.17, 15) is 4.79 Å². The van der Waals surface area contributed by atoms with Crippen LogP contribution in [0.1, 0.15) is 54.9 Å². The van der Waals surface area contributed by atoms with E-state index in [0.717, 1.165) is 49.1 Å². The number of carbonyl (C=O) groups excluding carboxylic acids is 1. The van der Waals surface area contributed by atoms with E-state index in [4.69, 9.17) is 9.47 Å². The van der Waals surface area contributed by atoms with Crippen LogP contribution in [0, 0.1) is 0 Å². The summed E-state index contributed by atoms with van der Waals surface area (Å²) in [6.45, 7) is 3.20. The minimum Gasteiger partial charge on any atom is -0.497 e. The van der Waals surface area contributed by atoms with E-state index in [2.05, 4.69) is 18.2 Å². The van der Waals surface area contributed by atoms with Gasteiger partial charge in [-0.25, -0.2) is 0 Å². The van der Waals surface area contributed by atoms with Gasteiger partial charge in [-0.1, -0.05) is 48.6 Å². The number of ether oxygens (including phenoxy) is 2. The number of amides is 1. The normalized spacial score (nSPS) is 11.6. The lowest BCUT2D eigenvalue weighted by Gasteiger charge is -2.27. The average Bonchev–Trinajstić information content (AvgIpc) is 2.82. The summed E-state index contributed by atoms with van der Waals surface area (Å²) in [6.07, 6.45) is 11.3. The Morgan fingerprint density at radius 1 is 0.968 bits per heavy atom. The maximum absolute atomic E-state index is 13.5. The molecule has 0 bridgehead atoms. The van der Waals surface area contributed by atoms with Crippen molar-refractivity contribution in [3.63, 3.8) is 0 Å². The summed E-state index contributed by atoms with van der Waals surface area (Å²) >= 11 is 0. The van der Waals surface area contributed by atoms with E-state index in [-0.39, 0.29) is 5.91 Å². The first-order valence-corrected chi connectivity index (χ1v) is 11.0. The SMILES string of the molecule is C/C=C/CCCC/C(=C/CCOC)N(Cc1ccc(OC)cc1)C(=O)c1ccccc1. The molecule has 1 amide bonds. The number of carbonyl (C=O) groups is 1. The van der Waals surface area contributed by atoms with Gasteiger partial charge in [-0.15, -0.1) is 0 Å². The third-order valence-electron chi connectivity index (χ3n) is 5.10. The molecule has 0 aliphatic heterocycles. The van der Waals surface area contributed by atoms with Crippen LogP contribution in [0.15, 0.2) is 78.5 Å². The minimum atomic E-state index is 0.0218. The van der Waals surface area contributed by atoms with Crippen LogP contribution in [-0.2, 0) is 11.3 Å². The number of unbranched alkanes of at least 4 members (excludes halogenated alkanes) is 2. The van der Waals surface area contributed by atoms with Gasteiger partial charge < -0.3 is 14.4 Å². The summed E-state index contributed by atoms with van der Waals surface area (Å²) in [5.41, 5.74) is 2.82. The third kappa shape index (κ3) is 8.42. The summed E-state index contributed by atoms with van der Waals surface area (Å²) in [5, 5.41) is 0. The van der Waals surface area contributed by atoms with Crippen LogP contribution in [0.25, 0.3) is 0 Å². The van der Waals surface area contributed by atoms with Gasteiger partial charge >= 0.3 is 0 Å². The number of hydrogen-bond donors (Lipinski definition) is 0. The Hall–Kier alpha value is -2.85. The van der Waals surface area contributed by atoms with E-state index < -0.39 is 0 Å². The quantitative estimate of drug-likeness (QED) is 0.278. The first kappa shape index (κ1) is 24.4. The molecule has 2 rings (SSSR count). The molecule has 2 aromatic carbocycles. The molecule has 166 valence electrons. The first-order valence-electron chi connectivity index (χ1n) is 11.0. The number of rotatable bonds is 13. The van der Waals surface area contributed by atoms with E-state index in [1.807, 2.05) is 66.4 Å². The zero-order valence-electron chi connectivity index (χ0n) is 19.0. The fourth-order valence-electron chi connectivity index (χ4n) is 3.38. The highest BCUT2D eigenvalue weighted by molar-refractivity contribution is 5.95. The molecule has 4 nitrogen and oxygen atoms in total. The zero-order valence-corrected chi connectivity index (χ0v) is 19.0. The monoisotopic (exact) mass is 421 g/mol. The standard InChI is InChI=1S/C27H35NO3/c1-4-5-6-7-11-15-25(16-12-21-30-2)28(27(29)24-13-9-8-10-14-24)22-23-17-19-26(31-3)20-18-23/h4-5,8-10,13-14,16-20H,6-7,11-12,15,21-22H2,1-3H3/b5-4+,25-16-. The fraction of sp³-hybridized carbons (Fsp3) is 0.370. The number of hydrogen-bond acceptors (Lipinski definition) is 3.